The number of benzene rings is 1. The second kappa shape index (κ2) is 7.50. The van der Waals surface area contributed by atoms with Gasteiger partial charge in [-0.2, -0.15) is 0 Å². The van der Waals surface area contributed by atoms with Crippen molar-refractivity contribution in [2.24, 2.45) is 5.92 Å². The Morgan fingerprint density at radius 1 is 1.00 bits per heavy atom. The molecule has 0 aliphatic carbocycles. The Morgan fingerprint density at radius 2 is 1.65 bits per heavy atom. The van der Waals surface area contributed by atoms with Gasteiger partial charge in [0.2, 0.25) is 0 Å². The van der Waals surface area contributed by atoms with Gasteiger partial charge >= 0.3 is 0 Å². The quantitative estimate of drug-likeness (QED) is 0.749. The lowest BCUT2D eigenvalue weighted by Gasteiger charge is -2.22. The van der Waals surface area contributed by atoms with E-state index in [9.17, 15) is 0 Å². The highest BCUT2D eigenvalue weighted by Gasteiger charge is 2.10. The molecule has 1 nitrogen and oxygen atoms in total. The van der Waals surface area contributed by atoms with Crippen LogP contribution < -0.4 is 5.32 Å². The van der Waals surface area contributed by atoms with Crippen LogP contribution in [-0.2, 0) is 6.42 Å². The molecule has 0 radical (unpaired) electrons. The maximum Gasteiger partial charge on any atom is 0.00816 e. The van der Waals surface area contributed by atoms with Gasteiger partial charge in [-0.15, -0.1) is 0 Å². The molecule has 0 fully saturated rings. The molecule has 1 aromatic rings. The van der Waals surface area contributed by atoms with Crippen molar-refractivity contribution in [1.29, 1.82) is 0 Å². The molecule has 0 heterocycles. The molecule has 0 saturated carbocycles. The minimum absolute atomic E-state index is 0.552. The first-order valence-corrected chi connectivity index (χ1v) is 6.91. The third-order valence-electron chi connectivity index (χ3n) is 3.41. The van der Waals surface area contributed by atoms with Gasteiger partial charge in [-0.1, -0.05) is 50.6 Å². The van der Waals surface area contributed by atoms with Gasteiger partial charge < -0.3 is 5.32 Å². The zero-order chi connectivity index (χ0) is 12.7. The predicted molar refractivity (Wildman–Crippen MR) is 76.3 cm³/mol. The van der Waals surface area contributed by atoms with Crippen LogP contribution in [0.1, 0.15) is 46.1 Å². The Balaban J connectivity index is 2.31. The molecule has 96 valence electrons. The van der Waals surface area contributed by atoms with Crippen molar-refractivity contribution < 1.29 is 0 Å². The van der Waals surface area contributed by atoms with E-state index in [-0.39, 0.29) is 0 Å². The molecule has 0 amide bonds. The molecular formula is C16H27N. The Bertz CT molecular complexity index is 294. The molecule has 1 heteroatoms. The van der Waals surface area contributed by atoms with Gasteiger partial charge in [0, 0.05) is 12.1 Å². The molecule has 0 spiro atoms. The van der Waals surface area contributed by atoms with E-state index >= 15 is 0 Å². The fourth-order valence-corrected chi connectivity index (χ4v) is 2.35. The maximum absolute atomic E-state index is 3.69. The summed E-state index contributed by atoms with van der Waals surface area (Å²) in [6, 6.07) is 11.9. The van der Waals surface area contributed by atoms with E-state index in [1.807, 2.05) is 0 Å². The van der Waals surface area contributed by atoms with Gasteiger partial charge in [0.15, 0.2) is 0 Å². The summed E-state index contributed by atoms with van der Waals surface area (Å²) in [7, 11) is 0. The lowest BCUT2D eigenvalue weighted by molar-refractivity contribution is 0.380. The Kier molecular flexibility index (Phi) is 6.28. The summed E-state index contributed by atoms with van der Waals surface area (Å²) >= 11 is 0. The molecule has 17 heavy (non-hydrogen) atoms. The molecule has 1 rings (SSSR count). The molecule has 0 bridgehead atoms. The van der Waals surface area contributed by atoms with Gasteiger partial charge in [0.1, 0.15) is 0 Å². The highest BCUT2D eigenvalue weighted by Crippen LogP contribution is 2.11. The van der Waals surface area contributed by atoms with E-state index < -0.39 is 0 Å². The van der Waals surface area contributed by atoms with Gasteiger partial charge in [-0.25, -0.2) is 0 Å². The zero-order valence-corrected chi connectivity index (χ0v) is 11.7. The van der Waals surface area contributed by atoms with Gasteiger partial charge in [-0.3, -0.25) is 0 Å². The summed E-state index contributed by atoms with van der Waals surface area (Å²) in [4.78, 5) is 0. The van der Waals surface area contributed by atoms with E-state index in [0.29, 0.717) is 12.1 Å². The van der Waals surface area contributed by atoms with Crippen molar-refractivity contribution in [2.45, 2.75) is 59.0 Å². The van der Waals surface area contributed by atoms with Crippen LogP contribution in [-0.4, -0.2) is 12.1 Å². The number of rotatable bonds is 7. The summed E-state index contributed by atoms with van der Waals surface area (Å²) in [5.41, 5.74) is 1.42. The SMILES string of the molecule is CCC(C)CC(C)NC(C)Cc1ccccc1. The Hall–Kier alpha value is -0.820. The van der Waals surface area contributed by atoms with Crippen molar-refractivity contribution in [3.63, 3.8) is 0 Å². The average Bonchev–Trinajstić information content (AvgIpc) is 2.29. The van der Waals surface area contributed by atoms with Crippen LogP contribution in [0.5, 0.6) is 0 Å². The lowest BCUT2D eigenvalue weighted by atomic mass is 9.99. The Morgan fingerprint density at radius 3 is 2.24 bits per heavy atom. The van der Waals surface area contributed by atoms with Crippen LogP contribution in [0.25, 0.3) is 0 Å². The minimum atomic E-state index is 0.552. The van der Waals surface area contributed by atoms with E-state index in [1.165, 1.54) is 18.4 Å². The fourth-order valence-electron chi connectivity index (χ4n) is 2.35. The molecule has 1 aromatic carbocycles. The van der Waals surface area contributed by atoms with Crippen LogP contribution in [0, 0.1) is 5.92 Å². The maximum atomic E-state index is 3.69. The molecule has 0 aliphatic rings. The summed E-state index contributed by atoms with van der Waals surface area (Å²) in [6.45, 7) is 9.18. The van der Waals surface area contributed by atoms with E-state index in [1.54, 1.807) is 0 Å². The third-order valence-corrected chi connectivity index (χ3v) is 3.41. The lowest BCUT2D eigenvalue weighted by Crippen LogP contribution is -2.36. The zero-order valence-electron chi connectivity index (χ0n) is 11.7. The third kappa shape index (κ3) is 5.88. The second-order valence-electron chi connectivity index (χ2n) is 5.41. The summed E-state index contributed by atoms with van der Waals surface area (Å²) < 4.78 is 0. The smallest absolute Gasteiger partial charge is 0.00816 e. The highest BCUT2D eigenvalue weighted by molar-refractivity contribution is 5.15. The monoisotopic (exact) mass is 233 g/mol. The van der Waals surface area contributed by atoms with Crippen LogP contribution in [0.4, 0.5) is 0 Å². The average molecular weight is 233 g/mol. The molecule has 0 aliphatic heterocycles. The topological polar surface area (TPSA) is 12.0 Å². The van der Waals surface area contributed by atoms with Crippen molar-refractivity contribution in [3.05, 3.63) is 35.9 Å². The first-order chi connectivity index (χ1) is 8.11. The minimum Gasteiger partial charge on any atom is -0.311 e. The number of nitrogens with one attached hydrogen (secondary N) is 1. The van der Waals surface area contributed by atoms with Crippen molar-refractivity contribution in [1.82, 2.24) is 5.32 Å². The van der Waals surface area contributed by atoms with Crippen molar-refractivity contribution >= 4 is 0 Å². The standard InChI is InChI=1S/C16H27N/c1-5-13(2)11-14(3)17-15(4)12-16-9-7-6-8-10-16/h6-10,13-15,17H,5,11-12H2,1-4H3. The van der Waals surface area contributed by atoms with Crippen LogP contribution in [0.2, 0.25) is 0 Å². The summed E-state index contributed by atoms with van der Waals surface area (Å²) in [5.74, 6) is 0.821. The van der Waals surface area contributed by atoms with Gasteiger partial charge in [0.25, 0.3) is 0 Å². The summed E-state index contributed by atoms with van der Waals surface area (Å²) in [6.07, 6.45) is 3.67. The number of hydrogen-bond acceptors (Lipinski definition) is 1. The molecular weight excluding hydrogens is 206 g/mol. The molecule has 1 N–H and O–H groups in total. The van der Waals surface area contributed by atoms with Crippen LogP contribution in [0.15, 0.2) is 30.3 Å². The summed E-state index contributed by atoms with van der Waals surface area (Å²) in [5, 5.41) is 3.69. The predicted octanol–water partition coefficient (Wildman–Crippen LogP) is 4.03. The molecule has 3 atom stereocenters. The molecule has 0 saturated heterocycles. The molecule has 3 unspecified atom stereocenters. The van der Waals surface area contributed by atoms with E-state index in [2.05, 4.69) is 63.3 Å². The van der Waals surface area contributed by atoms with Gasteiger partial charge in [-0.05, 0) is 38.2 Å². The van der Waals surface area contributed by atoms with Gasteiger partial charge in [0.05, 0.1) is 0 Å². The van der Waals surface area contributed by atoms with Crippen LogP contribution in [0.3, 0.4) is 0 Å². The van der Waals surface area contributed by atoms with Crippen LogP contribution >= 0.6 is 0 Å². The Labute approximate surface area is 107 Å². The normalized spacial score (nSPS) is 16.5. The van der Waals surface area contributed by atoms with Crippen molar-refractivity contribution in [2.75, 3.05) is 0 Å². The molecule has 0 aromatic heterocycles. The number of hydrogen-bond donors (Lipinski definition) is 1. The first-order valence-electron chi connectivity index (χ1n) is 6.91. The largest absolute Gasteiger partial charge is 0.311 e. The van der Waals surface area contributed by atoms with E-state index in [0.717, 1.165) is 12.3 Å². The second-order valence-corrected chi connectivity index (χ2v) is 5.41. The van der Waals surface area contributed by atoms with Crippen molar-refractivity contribution in [3.8, 4) is 0 Å². The fraction of sp³-hybridized carbons (Fsp3) is 0.625. The highest BCUT2D eigenvalue weighted by atomic mass is 14.9. The van der Waals surface area contributed by atoms with E-state index in [4.69, 9.17) is 0 Å². The first kappa shape index (κ1) is 14.2.